The number of hydrogen-bond donors (Lipinski definition) is 1. The van der Waals surface area contributed by atoms with Gasteiger partial charge in [-0.3, -0.25) is 14.5 Å². The van der Waals surface area contributed by atoms with Crippen molar-refractivity contribution in [1.82, 2.24) is 20.1 Å². The Morgan fingerprint density at radius 1 is 1.10 bits per heavy atom. The van der Waals surface area contributed by atoms with E-state index in [4.69, 9.17) is 18.9 Å². The molecule has 1 N–H and O–H groups in total. The van der Waals surface area contributed by atoms with Crippen molar-refractivity contribution >= 4 is 23.2 Å². The van der Waals surface area contributed by atoms with Crippen molar-refractivity contribution in [2.45, 2.75) is 38.1 Å². The van der Waals surface area contributed by atoms with Gasteiger partial charge < -0.3 is 29.2 Å². The van der Waals surface area contributed by atoms with E-state index < -0.39 is 0 Å². The lowest BCUT2D eigenvalue weighted by molar-refractivity contribution is -0.137. The number of carbonyl (C=O) groups is 2. The molecule has 2 atom stereocenters. The standard InChI is InChI=1S/C30H36N4O6S/c1-37-11-10-34-17-29(35)32-25-15-33(14-23-19-41-20-31-23)16-28(25)39-18-22-4-3-5-24(12-22)40-27-13-21(7-9-30(34)36)6-8-26(27)38-2/h3-6,8,12-13,19-20,25,28H,7,9-11,14-18H2,1-2H3,(H,32,35)/t25-,28-/m0/s1. The Kier molecular flexibility index (Phi) is 9.84. The molecular formula is C30H36N4O6S. The van der Waals surface area contributed by atoms with Crippen LogP contribution < -0.4 is 14.8 Å². The molecule has 0 radical (unpaired) electrons. The number of thiazole rings is 1. The molecule has 10 nitrogen and oxygen atoms in total. The fraction of sp³-hybridized carbons (Fsp3) is 0.433. The van der Waals surface area contributed by atoms with Gasteiger partial charge in [-0.05, 0) is 41.8 Å². The molecular weight excluding hydrogens is 544 g/mol. The van der Waals surface area contributed by atoms with Crippen molar-refractivity contribution in [1.29, 1.82) is 0 Å². The molecule has 2 amide bonds. The van der Waals surface area contributed by atoms with E-state index in [9.17, 15) is 9.59 Å². The Morgan fingerprint density at radius 3 is 2.80 bits per heavy atom. The molecule has 41 heavy (non-hydrogen) atoms. The third kappa shape index (κ3) is 7.82. The second-order valence-electron chi connectivity index (χ2n) is 10.2. The lowest BCUT2D eigenvalue weighted by Gasteiger charge is -2.25. The summed E-state index contributed by atoms with van der Waals surface area (Å²) in [5, 5.41) is 5.18. The second kappa shape index (κ2) is 13.9. The van der Waals surface area contributed by atoms with Gasteiger partial charge in [-0.15, -0.1) is 11.3 Å². The minimum Gasteiger partial charge on any atom is -0.493 e. The van der Waals surface area contributed by atoms with Crippen LogP contribution in [0.15, 0.2) is 53.4 Å². The Labute approximate surface area is 244 Å². The minimum absolute atomic E-state index is 0.0451. The molecule has 5 rings (SSSR count). The highest BCUT2D eigenvalue weighted by Crippen LogP contribution is 2.33. The SMILES string of the molecule is COCCN1CC(=O)N[C@H]2CN(Cc3cscn3)C[C@@H]2OCc2cccc(c2)Oc2cc(ccc2OC)CCC1=O. The van der Waals surface area contributed by atoms with Crippen molar-refractivity contribution in [3.05, 3.63) is 70.2 Å². The molecule has 2 aliphatic rings. The molecule has 1 saturated heterocycles. The number of aryl methyl sites for hydroxylation is 1. The van der Waals surface area contributed by atoms with Gasteiger partial charge in [-0.2, -0.15) is 0 Å². The lowest BCUT2D eigenvalue weighted by atomic mass is 10.1. The van der Waals surface area contributed by atoms with E-state index in [1.165, 1.54) is 0 Å². The first-order valence-electron chi connectivity index (χ1n) is 13.7. The van der Waals surface area contributed by atoms with Crippen LogP contribution in [0, 0.1) is 0 Å². The van der Waals surface area contributed by atoms with Gasteiger partial charge in [-0.1, -0.05) is 18.2 Å². The van der Waals surface area contributed by atoms with Gasteiger partial charge in [0.25, 0.3) is 0 Å². The fourth-order valence-electron chi connectivity index (χ4n) is 5.15. The maximum atomic E-state index is 13.3. The zero-order valence-corrected chi connectivity index (χ0v) is 24.2. The molecule has 0 aliphatic carbocycles. The van der Waals surface area contributed by atoms with E-state index >= 15 is 0 Å². The summed E-state index contributed by atoms with van der Waals surface area (Å²) in [5.41, 5.74) is 4.70. The average Bonchev–Trinajstić information content (AvgIpc) is 3.62. The number of amides is 2. The largest absolute Gasteiger partial charge is 0.493 e. The number of likely N-dealkylation sites (tertiary alicyclic amines) is 1. The van der Waals surface area contributed by atoms with Gasteiger partial charge in [0.2, 0.25) is 11.8 Å². The molecule has 2 aliphatic heterocycles. The molecule has 2 aromatic carbocycles. The van der Waals surface area contributed by atoms with E-state index in [2.05, 4.69) is 15.2 Å². The zero-order chi connectivity index (χ0) is 28.6. The first kappa shape index (κ1) is 29.0. The Morgan fingerprint density at radius 2 is 2.00 bits per heavy atom. The number of aromatic nitrogens is 1. The number of hydrogen-bond acceptors (Lipinski definition) is 9. The fourth-order valence-corrected chi connectivity index (χ4v) is 5.70. The number of nitrogens with zero attached hydrogens (tertiary/aromatic N) is 3. The molecule has 0 saturated carbocycles. The predicted molar refractivity (Wildman–Crippen MR) is 154 cm³/mol. The highest BCUT2D eigenvalue weighted by atomic mass is 32.1. The molecule has 0 spiro atoms. The van der Waals surface area contributed by atoms with Crippen molar-refractivity contribution in [3.63, 3.8) is 0 Å². The van der Waals surface area contributed by atoms with E-state index in [0.29, 0.717) is 63.1 Å². The van der Waals surface area contributed by atoms with Gasteiger partial charge in [0, 0.05) is 45.1 Å². The highest BCUT2D eigenvalue weighted by molar-refractivity contribution is 7.07. The summed E-state index contributed by atoms with van der Waals surface area (Å²) in [6.45, 7) is 2.93. The van der Waals surface area contributed by atoms with Crippen LogP contribution in [0.4, 0.5) is 0 Å². The van der Waals surface area contributed by atoms with Crippen LogP contribution in [-0.2, 0) is 38.6 Å². The summed E-state index contributed by atoms with van der Waals surface area (Å²) in [4.78, 5) is 34.7. The normalized spacial score (nSPS) is 20.5. The van der Waals surface area contributed by atoms with Gasteiger partial charge in [0.05, 0.1) is 50.2 Å². The van der Waals surface area contributed by atoms with E-state index in [1.807, 2.05) is 53.4 Å². The monoisotopic (exact) mass is 580 g/mol. The minimum atomic E-state index is -0.235. The summed E-state index contributed by atoms with van der Waals surface area (Å²) in [7, 11) is 3.18. The molecule has 0 unspecified atom stereocenters. The van der Waals surface area contributed by atoms with E-state index in [1.54, 1.807) is 30.5 Å². The molecule has 3 heterocycles. The predicted octanol–water partition coefficient (Wildman–Crippen LogP) is 3.25. The molecule has 11 heteroatoms. The Bertz CT molecular complexity index is 1320. The van der Waals surface area contributed by atoms with Gasteiger partial charge in [-0.25, -0.2) is 4.98 Å². The summed E-state index contributed by atoms with van der Waals surface area (Å²) in [5.74, 6) is 1.50. The van der Waals surface area contributed by atoms with Gasteiger partial charge >= 0.3 is 0 Å². The zero-order valence-electron chi connectivity index (χ0n) is 23.4. The van der Waals surface area contributed by atoms with E-state index in [0.717, 1.165) is 16.8 Å². The van der Waals surface area contributed by atoms with Crippen LogP contribution in [0.3, 0.4) is 0 Å². The maximum absolute atomic E-state index is 13.3. The van der Waals surface area contributed by atoms with Crippen LogP contribution in [0.2, 0.25) is 0 Å². The van der Waals surface area contributed by atoms with Crippen LogP contribution in [-0.4, -0.2) is 85.7 Å². The summed E-state index contributed by atoms with van der Waals surface area (Å²) in [6, 6.07) is 13.2. The summed E-state index contributed by atoms with van der Waals surface area (Å²) in [6.07, 6.45) is 0.504. The van der Waals surface area contributed by atoms with Crippen molar-refractivity contribution in [3.8, 4) is 17.2 Å². The van der Waals surface area contributed by atoms with Crippen LogP contribution in [0.1, 0.15) is 23.2 Å². The molecule has 218 valence electrons. The number of nitrogens with one attached hydrogen (secondary N) is 1. The van der Waals surface area contributed by atoms with Crippen molar-refractivity contribution in [2.75, 3.05) is 47.0 Å². The topological polar surface area (TPSA) is 102 Å². The maximum Gasteiger partial charge on any atom is 0.239 e. The number of methoxy groups -OCH3 is 2. The van der Waals surface area contributed by atoms with Crippen LogP contribution >= 0.6 is 11.3 Å². The third-order valence-corrected chi connectivity index (χ3v) is 7.89. The van der Waals surface area contributed by atoms with Crippen LogP contribution in [0.5, 0.6) is 17.2 Å². The first-order chi connectivity index (χ1) is 20.0. The molecule has 1 fully saturated rings. The average molecular weight is 581 g/mol. The summed E-state index contributed by atoms with van der Waals surface area (Å²) >= 11 is 1.56. The number of fused-ring (bicyclic) bond motifs is 5. The van der Waals surface area contributed by atoms with Gasteiger partial charge in [0.15, 0.2) is 11.5 Å². The first-order valence-corrected chi connectivity index (χ1v) is 14.7. The van der Waals surface area contributed by atoms with Crippen molar-refractivity contribution < 1.29 is 28.5 Å². The number of ether oxygens (including phenoxy) is 4. The molecule has 3 aromatic rings. The van der Waals surface area contributed by atoms with E-state index in [-0.39, 0.29) is 36.9 Å². The van der Waals surface area contributed by atoms with Crippen LogP contribution in [0.25, 0.3) is 0 Å². The Balaban J connectivity index is 1.41. The number of rotatable bonds is 6. The van der Waals surface area contributed by atoms with Crippen molar-refractivity contribution in [2.24, 2.45) is 0 Å². The smallest absolute Gasteiger partial charge is 0.239 e. The van der Waals surface area contributed by atoms with Gasteiger partial charge in [0.1, 0.15) is 5.75 Å². The number of carbonyl (C=O) groups excluding carboxylic acids is 2. The molecule has 1 aromatic heterocycles. The Hall–Kier alpha value is -3.51. The lowest BCUT2D eigenvalue weighted by Crippen LogP contribution is -2.49. The second-order valence-corrected chi connectivity index (χ2v) is 11.0. The third-order valence-electron chi connectivity index (χ3n) is 7.26. The number of benzene rings is 2. The highest BCUT2D eigenvalue weighted by Gasteiger charge is 2.35. The quantitative estimate of drug-likeness (QED) is 0.474. The summed E-state index contributed by atoms with van der Waals surface area (Å²) < 4.78 is 23.4. The molecule has 4 bridgehead atoms.